The molecule has 41 heavy (non-hydrogen) atoms. The second-order valence-electron chi connectivity index (χ2n) is 10.5. The summed E-state index contributed by atoms with van der Waals surface area (Å²) in [5.74, 6) is 0.135. The Kier molecular flexibility index (Phi) is 9.29. The second kappa shape index (κ2) is 13.3. The molecule has 0 aromatic heterocycles. The summed E-state index contributed by atoms with van der Waals surface area (Å²) in [4.78, 5) is 17.7. The molecular formula is C34H37N3O3S. The third kappa shape index (κ3) is 7.30. The van der Waals surface area contributed by atoms with E-state index in [0.717, 1.165) is 24.2 Å². The Morgan fingerprint density at radius 1 is 0.707 bits per heavy atom. The van der Waals surface area contributed by atoms with Crippen molar-refractivity contribution in [2.24, 2.45) is 0 Å². The molecule has 4 aromatic carbocycles. The van der Waals surface area contributed by atoms with Gasteiger partial charge in [0.15, 0.2) is 0 Å². The molecule has 1 atom stereocenters. The lowest BCUT2D eigenvalue weighted by Crippen LogP contribution is -2.49. The highest BCUT2D eigenvalue weighted by Crippen LogP contribution is 2.29. The van der Waals surface area contributed by atoms with Gasteiger partial charge in [0, 0.05) is 38.6 Å². The van der Waals surface area contributed by atoms with E-state index < -0.39 is 10.0 Å². The average Bonchev–Trinajstić information content (AvgIpc) is 3.02. The number of sulfonamides is 1. The van der Waals surface area contributed by atoms with E-state index in [0.29, 0.717) is 25.9 Å². The first kappa shape index (κ1) is 28.7. The van der Waals surface area contributed by atoms with Crippen molar-refractivity contribution in [1.29, 1.82) is 0 Å². The van der Waals surface area contributed by atoms with Crippen LogP contribution in [0.3, 0.4) is 0 Å². The van der Waals surface area contributed by atoms with Crippen LogP contribution in [0.2, 0.25) is 0 Å². The maximum absolute atomic E-state index is 13.1. The number of rotatable bonds is 10. The third-order valence-electron chi connectivity index (χ3n) is 7.76. The van der Waals surface area contributed by atoms with Crippen LogP contribution in [0.15, 0.2) is 120 Å². The van der Waals surface area contributed by atoms with Crippen LogP contribution in [-0.2, 0) is 21.2 Å². The third-order valence-corrected chi connectivity index (χ3v) is 9.31. The standard InChI is InChI=1S/C34H37N3O3S/c1-27(29-11-5-2-6-12-29)35-41(39,40)32-20-17-28(18-21-32)19-22-33(38)36-23-25-37(26-24-36)34(30-13-7-3-8-14-30)31-15-9-4-10-16-31/h2-18,20-21,27,34-35H,19,22-26H2,1H3/t27-/m1/s1. The minimum absolute atomic E-state index is 0.135. The van der Waals surface area contributed by atoms with E-state index in [2.05, 4.69) is 58.2 Å². The molecule has 0 aliphatic carbocycles. The number of aryl methyl sites for hydroxylation is 1. The molecule has 1 aliphatic heterocycles. The van der Waals surface area contributed by atoms with Crippen molar-refractivity contribution in [2.75, 3.05) is 26.2 Å². The van der Waals surface area contributed by atoms with Gasteiger partial charge < -0.3 is 4.90 Å². The van der Waals surface area contributed by atoms with Gasteiger partial charge in [-0.3, -0.25) is 9.69 Å². The second-order valence-corrected chi connectivity index (χ2v) is 12.3. The number of carbonyl (C=O) groups excluding carboxylic acids is 1. The van der Waals surface area contributed by atoms with Crippen molar-refractivity contribution in [1.82, 2.24) is 14.5 Å². The predicted octanol–water partition coefficient (Wildman–Crippen LogP) is 5.59. The maximum Gasteiger partial charge on any atom is 0.241 e. The Morgan fingerprint density at radius 2 is 1.20 bits per heavy atom. The van der Waals surface area contributed by atoms with Crippen LogP contribution in [0.25, 0.3) is 0 Å². The van der Waals surface area contributed by atoms with Crippen molar-refractivity contribution >= 4 is 15.9 Å². The van der Waals surface area contributed by atoms with E-state index in [1.54, 1.807) is 24.3 Å². The van der Waals surface area contributed by atoms with Gasteiger partial charge in [-0.15, -0.1) is 0 Å². The molecule has 4 aromatic rings. The van der Waals surface area contributed by atoms with Gasteiger partial charge in [0.1, 0.15) is 0 Å². The quantitative estimate of drug-likeness (QED) is 0.271. The Labute approximate surface area is 243 Å². The summed E-state index contributed by atoms with van der Waals surface area (Å²) in [6, 6.07) is 37.2. The molecule has 0 spiro atoms. The van der Waals surface area contributed by atoms with Gasteiger partial charge in [0.2, 0.25) is 15.9 Å². The summed E-state index contributed by atoms with van der Waals surface area (Å²) in [6.07, 6.45) is 0.972. The molecule has 1 heterocycles. The molecule has 1 amide bonds. The van der Waals surface area contributed by atoms with E-state index in [1.807, 2.05) is 54.3 Å². The smallest absolute Gasteiger partial charge is 0.241 e. The van der Waals surface area contributed by atoms with Crippen LogP contribution in [0.5, 0.6) is 0 Å². The normalized spacial score (nSPS) is 15.1. The fourth-order valence-corrected chi connectivity index (χ4v) is 6.70. The Balaban J connectivity index is 1.14. The molecule has 212 valence electrons. The number of benzene rings is 4. The Bertz CT molecular complexity index is 1460. The van der Waals surface area contributed by atoms with Gasteiger partial charge in [-0.2, -0.15) is 0 Å². The first-order valence-corrected chi connectivity index (χ1v) is 15.7. The van der Waals surface area contributed by atoms with Gasteiger partial charge in [-0.1, -0.05) is 103 Å². The van der Waals surface area contributed by atoms with E-state index in [9.17, 15) is 13.2 Å². The zero-order valence-corrected chi connectivity index (χ0v) is 24.2. The summed E-state index contributed by atoms with van der Waals surface area (Å²) in [7, 11) is -3.66. The van der Waals surface area contributed by atoms with Crippen molar-refractivity contribution < 1.29 is 13.2 Å². The highest BCUT2D eigenvalue weighted by molar-refractivity contribution is 7.89. The van der Waals surface area contributed by atoms with Crippen LogP contribution in [0.1, 0.15) is 47.7 Å². The van der Waals surface area contributed by atoms with Gasteiger partial charge >= 0.3 is 0 Å². The zero-order chi connectivity index (χ0) is 28.7. The molecule has 7 heteroatoms. The molecule has 0 saturated carbocycles. The van der Waals surface area contributed by atoms with Crippen LogP contribution in [-0.4, -0.2) is 50.3 Å². The van der Waals surface area contributed by atoms with Gasteiger partial charge in [-0.25, -0.2) is 13.1 Å². The molecule has 6 nitrogen and oxygen atoms in total. The Hall–Kier alpha value is -3.78. The fraction of sp³-hybridized carbons (Fsp3) is 0.265. The monoisotopic (exact) mass is 567 g/mol. The minimum Gasteiger partial charge on any atom is -0.340 e. The molecule has 0 unspecified atom stereocenters. The van der Waals surface area contributed by atoms with Gasteiger partial charge in [0.05, 0.1) is 10.9 Å². The lowest BCUT2D eigenvalue weighted by molar-refractivity contribution is -0.133. The highest BCUT2D eigenvalue weighted by Gasteiger charge is 2.28. The number of piperazine rings is 1. The first-order chi connectivity index (χ1) is 19.9. The summed E-state index contributed by atoms with van der Waals surface area (Å²) in [6.45, 7) is 4.83. The van der Waals surface area contributed by atoms with E-state index in [1.165, 1.54) is 11.1 Å². The SMILES string of the molecule is C[C@@H](NS(=O)(=O)c1ccc(CCC(=O)N2CCN(C(c3ccccc3)c3ccccc3)CC2)cc1)c1ccccc1. The minimum atomic E-state index is -3.66. The number of hydrogen-bond acceptors (Lipinski definition) is 4. The van der Waals surface area contributed by atoms with Gasteiger partial charge in [-0.05, 0) is 47.7 Å². The molecule has 5 rings (SSSR count). The topological polar surface area (TPSA) is 69.7 Å². The predicted molar refractivity (Wildman–Crippen MR) is 163 cm³/mol. The zero-order valence-electron chi connectivity index (χ0n) is 23.4. The molecule has 1 aliphatic rings. The van der Waals surface area contributed by atoms with Crippen LogP contribution < -0.4 is 4.72 Å². The van der Waals surface area contributed by atoms with E-state index in [4.69, 9.17) is 0 Å². The van der Waals surface area contributed by atoms with Gasteiger partial charge in [0.25, 0.3) is 0 Å². The Morgan fingerprint density at radius 3 is 1.71 bits per heavy atom. The average molecular weight is 568 g/mol. The number of amides is 1. The highest BCUT2D eigenvalue weighted by atomic mass is 32.2. The number of nitrogens with one attached hydrogen (secondary N) is 1. The van der Waals surface area contributed by atoms with Crippen LogP contribution in [0.4, 0.5) is 0 Å². The molecule has 0 radical (unpaired) electrons. The number of hydrogen-bond donors (Lipinski definition) is 1. The lowest BCUT2D eigenvalue weighted by atomic mass is 9.96. The van der Waals surface area contributed by atoms with Crippen LogP contribution >= 0.6 is 0 Å². The summed E-state index contributed by atoms with van der Waals surface area (Å²) in [5.41, 5.74) is 4.37. The van der Waals surface area contributed by atoms with E-state index in [-0.39, 0.29) is 22.9 Å². The summed E-state index contributed by atoms with van der Waals surface area (Å²) < 4.78 is 28.5. The number of carbonyl (C=O) groups is 1. The summed E-state index contributed by atoms with van der Waals surface area (Å²) in [5, 5.41) is 0. The molecule has 1 saturated heterocycles. The first-order valence-electron chi connectivity index (χ1n) is 14.2. The lowest BCUT2D eigenvalue weighted by Gasteiger charge is -2.40. The summed E-state index contributed by atoms with van der Waals surface area (Å²) >= 11 is 0. The number of nitrogens with zero attached hydrogens (tertiary/aromatic N) is 2. The maximum atomic E-state index is 13.1. The van der Waals surface area contributed by atoms with E-state index >= 15 is 0 Å². The van der Waals surface area contributed by atoms with Crippen molar-refractivity contribution in [3.8, 4) is 0 Å². The van der Waals surface area contributed by atoms with Crippen molar-refractivity contribution in [3.63, 3.8) is 0 Å². The largest absolute Gasteiger partial charge is 0.340 e. The van der Waals surface area contributed by atoms with Crippen LogP contribution in [0, 0.1) is 0 Å². The molecule has 0 bridgehead atoms. The fourth-order valence-electron chi connectivity index (χ4n) is 5.47. The molecule has 1 N–H and O–H groups in total. The molecule has 1 fully saturated rings. The van der Waals surface area contributed by atoms with Crippen molar-refractivity contribution in [2.45, 2.75) is 36.7 Å². The van der Waals surface area contributed by atoms with Crippen molar-refractivity contribution in [3.05, 3.63) is 138 Å². The molecular weight excluding hydrogens is 530 g/mol.